The van der Waals surface area contributed by atoms with Crippen LogP contribution in [-0.2, 0) is 5.41 Å². The Kier molecular flexibility index (Phi) is 7.52. The summed E-state index contributed by atoms with van der Waals surface area (Å²) in [6.45, 7) is 4.68. The predicted octanol–water partition coefficient (Wildman–Crippen LogP) is 14.0. The molecule has 0 radical (unpaired) electrons. The molecule has 1 aromatic heterocycles. The van der Waals surface area contributed by atoms with Crippen molar-refractivity contribution in [3.63, 3.8) is 0 Å². The van der Waals surface area contributed by atoms with Crippen molar-refractivity contribution in [2.24, 2.45) is 0 Å². The minimum absolute atomic E-state index is 0.0580. The lowest BCUT2D eigenvalue weighted by Gasteiger charge is -2.22. The van der Waals surface area contributed by atoms with Crippen LogP contribution in [0, 0.1) is 0 Å². The molecule has 0 unspecified atom stereocenters. The van der Waals surface area contributed by atoms with Crippen molar-refractivity contribution in [1.82, 2.24) is 15.0 Å². The van der Waals surface area contributed by atoms with Crippen LogP contribution in [0.4, 0.5) is 0 Å². The van der Waals surface area contributed by atoms with Crippen LogP contribution in [0.15, 0.2) is 188 Å². The minimum atomic E-state index is -0.0580. The van der Waals surface area contributed by atoms with Crippen molar-refractivity contribution in [2.75, 3.05) is 0 Å². The van der Waals surface area contributed by atoms with Gasteiger partial charge >= 0.3 is 0 Å². The molecule has 0 saturated carbocycles. The van der Waals surface area contributed by atoms with Crippen LogP contribution >= 0.6 is 0 Å². The molecular formula is C54H37N3. The topological polar surface area (TPSA) is 38.7 Å². The summed E-state index contributed by atoms with van der Waals surface area (Å²) in [5, 5.41) is 6.87. The van der Waals surface area contributed by atoms with E-state index >= 15 is 0 Å². The maximum Gasteiger partial charge on any atom is 0.164 e. The molecule has 0 atom stereocenters. The zero-order valence-electron chi connectivity index (χ0n) is 31.7. The van der Waals surface area contributed by atoms with Gasteiger partial charge in [-0.2, -0.15) is 0 Å². The molecule has 3 nitrogen and oxygen atoms in total. The van der Waals surface area contributed by atoms with Crippen LogP contribution in [0.1, 0.15) is 25.0 Å². The highest BCUT2D eigenvalue weighted by Gasteiger charge is 2.35. The summed E-state index contributed by atoms with van der Waals surface area (Å²) in [6.07, 6.45) is 0. The number of nitrogens with zero attached hydrogens (tertiary/aromatic N) is 3. The molecule has 10 aromatic rings. The highest BCUT2D eigenvalue weighted by molar-refractivity contribution is 6.14. The van der Waals surface area contributed by atoms with Gasteiger partial charge in [-0.05, 0) is 89.6 Å². The van der Waals surface area contributed by atoms with Crippen molar-refractivity contribution in [1.29, 1.82) is 0 Å². The lowest BCUT2D eigenvalue weighted by molar-refractivity contribution is 0.660. The van der Waals surface area contributed by atoms with Crippen LogP contribution in [0.25, 0.3) is 99.9 Å². The molecule has 0 bridgehead atoms. The summed E-state index contributed by atoms with van der Waals surface area (Å²) < 4.78 is 0. The van der Waals surface area contributed by atoms with E-state index in [4.69, 9.17) is 15.0 Å². The lowest BCUT2D eigenvalue weighted by Crippen LogP contribution is -2.14. The molecule has 0 saturated heterocycles. The summed E-state index contributed by atoms with van der Waals surface area (Å²) in [6, 6.07) is 67.3. The van der Waals surface area contributed by atoms with E-state index in [2.05, 4.69) is 184 Å². The summed E-state index contributed by atoms with van der Waals surface area (Å²) in [5.41, 5.74) is 13.0. The number of hydrogen-bond donors (Lipinski definition) is 0. The average molecular weight is 728 g/mol. The second kappa shape index (κ2) is 12.9. The number of aromatic nitrogens is 3. The molecule has 0 aliphatic heterocycles. The van der Waals surface area contributed by atoms with Gasteiger partial charge in [-0.3, -0.25) is 0 Å². The normalized spacial score (nSPS) is 12.9. The first kappa shape index (κ1) is 33.1. The van der Waals surface area contributed by atoms with Gasteiger partial charge in [0.05, 0.1) is 0 Å². The van der Waals surface area contributed by atoms with Crippen LogP contribution in [-0.4, -0.2) is 15.0 Å². The molecule has 268 valence electrons. The van der Waals surface area contributed by atoms with Crippen LogP contribution < -0.4 is 0 Å². The number of fused-ring (bicyclic) bond motifs is 7. The maximum absolute atomic E-state index is 5.35. The third kappa shape index (κ3) is 5.38. The Morgan fingerprint density at radius 3 is 1.68 bits per heavy atom. The Morgan fingerprint density at radius 2 is 0.895 bits per heavy atom. The third-order valence-corrected chi connectivity index (χ3v) is 11.9. The Bertz CT molecular complexity index is 3200. The third-order valence-electron chi connectivity index (χ3n) is 11.9. The molecule has 0 fully saturated rings. The summed E-state index contributed by atoms with van der Waals surface area (Å²) in [7, 11) is 0. The average Bonchev–Trinajstić information content (AvgIpc) is 3.51. The van der Waals surface area contributed by atoms with Crippen LogP contribution in [0.5, 0.6) is 0 Å². The quantitative estimate of drug-likeness (QED) is 0.166. The van der Waals surface area contributed by atoms with Crippen LogP contribution in [0.3, 0.4) is 0 Å². The molecular weight excluding hydrogens is 691 g/mol. The summed E-state index contributed by atoms with van der Waals surface area (Å²) >= 11 is 0. The Morgan fingerprint density at radius 1 is 0.316 bits per heavy atom. The Balaban J connectivity index is 1.10. The smallest absolute Gasteiger partial charge is 0.164 e. The zero-order chi connectivity index (χ0) is 38.1. The van der Waals surface area contributed by atoms with Crippen molar-refractivity contribution < 1.29 is 0 Å². The van der Waals surface area contributed by atoms with Gasteiger partial charge in [-0.25, -0.2) is 15.0 Å². The molecule has 1 aliphatic carbocycles. The molecule has 11 rings (SSSR count). The maximum atomic E-state index is 5.35. The molecule has 1 heterocycles. The van der Waals surface area contributed by atoms with E-state index in [0.29, 0.717) is 17.5 Å². The zero-order valence-corrected chi connectivity index (χ0v) is 31.7. The monoisotopic (exact) mass is 727 g/mol. The Labute approximate surface area is 332 Å². The van der Waals surface area contributed by atoms with Gasteiger partial charge in [0.1, 0.15) is 0 Å². The van der Waals surface area contributed by atoms with Gasteiger partial charge in [0.15, 0.2) is 17.5 Å². The number of rotatable bonds is 5. The van der Waals surface area contributed by atoms with Gasteiger partial charge in [0.2, 0.25) is 0 Å². The van der Waals surface area contributed by atoms with Gasteiger partial charge in [-0.15, -0.1) is 0 Å². The summed E-state index contributed by atoms with van der Waals surface area (Å²) in [4.78, 5) is 15.8. The molecule has 3 heteroatoms. The van der Waals surface area contributed by atoms with Gasteiger partial charge < -0.3 is 0 Å². The molecule has 0 N–H and O–H groups in total. The lowest BCUT2D eigenvalue weighted by atomic mass is 9.81. The second-order valence-corrected chi connectivity index (χ2v) is 15.6. The summed E-state index contributed by atoms with van der Waals surface area (Å²) in [5.74, 6) is 1.94. The largest absolute Gasteiger partial charge is 0.208 e. The molecule has 0 spiro atoms. The number of hydrogen-bond acceptors (Lipinski definition) is 3. The van der Waals surface area contributed by atoms with Gasteiger partial charge in [0.25, 0.3) is 0 Å². The van der Waals surface area contributed by atoms with E-state index in [1.54, 1.807) is 0 Å². The standard InChI is InChI=1S/C54H37N3/c1-54(2)48-26-12-11-23-43(48)44-30-29-38(33-49(44)54)37-27-28-39-32-47(42-22-10-9-21-41(42)46(39)31-37)53-56-51(36-17-7-4-8-18-36)55-52(57-53)45-25-14-20-35-19-13-24-40(50(35)45)34-15-5-3-6-16-34/h3-33H,1-2H3. The molecule has 1 aliphatic rings. The minimum Gasteiger partial charge on any atom is -0.208 e. The fourth-order valence-corrected chi connectivity index (χ4v) is 9.07. The van der Waals surface area contributed by atoms with Crippen molar-refractivity contribution in [3.8, 4) is 67.5 Å². The Hall–Kier alpha value is -7.23. The highest BCUT2D eigenvalue weighted by atomic mass is 15.0. The van der Waals surface area contributed by atoms with E-state index in [1.165, 1.54) is 44.2 Å². The first-order chi connectivity index (χ1) is 28.0. The van der Waals surface area contributed by atoms with E-state index in [-0.39, 0.29) is 5.41 Å². The molecule has 9 aromatic carbocycles. The van der Waals surface area contributed by atoms with E-state index < -0.39 is 0 Å². The number of benzene rings is 9. The van der Waals surface area contributed by atoms with E-state index in [0.717, 1.165) is 49.4 Å². The van der Waals surface area contributed by atoms with Crippen molar-refractivity contribution >= 4 is 32.3 Å². The molecule has 0 amide bonds. The highest BCUT2D eigenvalue weighted by Crippen LogP contribution is 2.50. The van der Waals surface area contributed by atoms with Crippen molar-refractivity contribution in [3.05, 3.63) is 199 Å². The van der Waals surface area contributed by atoms with Gasteiger partial charge in [0, 0.05) is 27.5 Å². The first-order valence-corrected chi connectivity index (χ1v) is 19.6. The fraction of sp³-hybridized carbons (Fsp3) is 0.0556. The predicted molar refractivity (Wildman–Crippen MR) is 237 cm³/mol. The SMILES string of the molecule is CC1(C)c2ccccc2-c2ccc(-c3ccc4cc(-c5nc(-c6ccccc6)nc(-c6cccc7cccc(-c8ccccc8)c67)n5)c5ccccc5c4c3)cc21. The molecule has 57 heavy (non-hydrogen) atoms. The van der Waals surface area contributed by atoms with Gasteiger partial charge in [-0.1, -0.05) is 184 Å². The van der Waals surface area contributed by atoms with E-state index in [9.17, 15) is 0 Å². The van der Waals surface area contributed by atoms with E-state index in [1.807, 2.05) is 18.2 Å². The van der Waals surface area contributed by atoms with Crippen LogP contribution in [0.2, 0.25) is 0 Å². The first-order valence-electron chi connectivity index (χ1n) is 19.6. The second-order valence-electron chi connectivity index (χ2n) is 15.6. The van der Waals surface area contributed by atoms with Crippen molar-refractivity contribution in [2.45, 2.75) is 19.3 Å². The fourth-order valence-electron chi connectivity index (χ4n) is 9.07.